The van der Waals surface area contributed by atoms with Gasteiger partial charge in [0, 0.05) is 16.0 Å². The van der Waals surface area contributed by atoms with Crippen LogP contribution in [0.25, 0.3) is 16.8 Å². The molecule has 0 radical (unpaired) electrons. The molecule has 1 N–H and O–H groups in total. The zero-order valence-electron chi connectivity index (χ0n) is 15.9. The molecule has 0 saturated carbocycles. The predicted octanol–water partition coefficient (Wildman–Crippen LogP) is 6.16. The summed E-state index contributed by atoms with van der Waals surface area (Å²) in [7, 11) is 0. The number of aliphatic hydroxyl groups is 1. The molecule has 4 nitrogen and oxygen atoms in total. The third kappa shape index (κ3) is 6.35. The number of nitrogens with zero attached hydrogens (tertiary/aromatic N) is 3. The lowest BCUT2D eigenvalue weighted by molar-refractivity contribution is 0.244. The van der Waals surface area contributed by atoms with Crippen molar-refractivity contribution in [3.63, 3.8) is 0 Å². The molecule has 1 aromatic carbocycles. The molecule has 0 fully saturated rings. The van der Waals surface area contributed by atoms with Crippen molar-refractivity contribution < 1.29 is 5.11 Å². The average Bonchev–Trinajstić information content (AvgIpc) is 3.14. The minimum absolute atomic E-state index is 0.0988. The van der Waals surface area contributed by atoms with E-state index in [9.17, 15) is 10.4 Å². The highest BCUT2D eigenvalue weighted by Crippen LogP contribution is 2.28. The van der Waals surface area contributed by atoms with Gasteiger partial charge in [0.2, 0.25) is 0 Å². The quantitative estimate of drug-likeness (QED) is 0.381. The molecule has 27 heavy (non-hydrogen) atoms. The molecule has 1 aromatic heterocycles. The Morgan fingerprint density at radius 2 is 1.81 bits per heavy atom. The molecule has 6 heteroatoms. The molecule has 0 spiro atoms. The third-order valence-electron chi connectivity index (χ3n) is 4.29. The third-order valence-corrected chi connectivity index (χ3v) is 5.40. The van der Waals surface area contributed by atoms with E-state index in [1.54, 1.807) is 0 Å². The van der Waals surface area contributed by atoms with Crippen LogP contribution in [0.1, 0.15) is 44.5 Å². The number of thiazole rings is 1. The molecule has 0 amide bonds. The minimum Gasteiger partial charge on any atom is -0.509 e. The summed E-state index contributed by atoms with van der Waals surface area (Å²) in [5.74, 6) is 0.0988. The number of aromatic nitrogens is 1. The average molecular weight is 404 g/mol. The second kappa shape index (κ2) is 11.1. The highest BCUT2D eigenvalue weighted by Gasteiger charge is 2.16. The van der Waals surface area contributed by atoms with Gasteiger partial charge in [-0.2, -0.15) is 5.26 Å². The van der Waals surface area contributed by atoms with E-state index in [2.05, 4.69) is 29.8 Å². The summed E-state index contributed by atoms with van der Waals surface area (Å²) in [6.07, 6.45) is 4.37. The van der Waals surface area contributed by atoms with Crippen LogP contribution >= 0.6 is 22.9 Å². The first kappa shape index (κ1) is 21.4. The van der Waals surface area contributed by atoms with Crippen LogP contribution in [0.15, 0.2) is 35.4 Å². The van der Waals surface area contributed by atoms with E-state index in [1.807, 2.05) is 29.6 Å². The zero-order chi connectivity index (χ0) is 19.6. The first-order valence-electron chi connectivity index (χ1n) is 9.35. The summed E-state index contributed by atoms with van der Waals surface area (Å²) in [4.78, 5) is 6.77. The number of halogens is 1. The van der Waals surface area contributed by atoms with Gasteiger partial charge in [-0.3, -0.25) is 4.90 Å². The van der Waals surface area contributed by atoms with Gasteiger partial charge >= 0.3 is 0 Å². The second-order valence-electron chi connectivity index (χ2n) is 6.46. The summed E-state index contributed by atoms with van der Waals surface area (Å²) in [6, 6.07) is 9.56. The van der Waals surface area contributed by atoms with Crippen LogP contribution in [0.4, 0.5) is 0 Å². The topological polar surface area (TPSA) is 60.1 Å². The van der Waals surface area contributed by atoms with Crippen LogP contribution < -0.4 is 0 Å². The molecule has 0 aliphatic rings. The maximum Gasteiger partial charge on any atom is 0.138 e. The Balaban J connectivity index is 2.20. The van der Waals surface area contributed by atoms with Crippen molar-refractivity contribution in [2.75, 3.05) is 19.6 Å². The van der Waals surface area contributed by atoms with E-state index in [-0.39, 0.29) is 11.3 Å². The van der Waals surface area contributed by atoms with Crippen LogP contribution in [0.2, 0.25) is 5.02 Å². The monoisotopic (exact) mass is 403 g/mol. The smallest absolute Gasteiger partial charge is 0.138 e. The van der Waals surface area contributed by atoms with Crippen molar-refractivity contribution >= 4 is 28.5 Å². The van der Waals surface area contributed by atoms with Crippen LogP contribution in [-0.4, -0.2) is 34.6 Å². The molecule has 2 rings (SSSR count). The number of benzene rings is 1. The first-order valence-corrected chi connectivity index (χ1v) is 10.6. The van der Waals surface area contributed by atoms with Gasteiger partial charge in [-0.25, -0.2) is 4.98 Å². The molecule has 0 aliphatic heterocycles. The van der Waals surface area contributed by atoms with Crippen molar-refractivity contribution in [1.82, 2.24) is 9.88 Å². The number of aliphatic hydroxyl groups excluding tert-OH is 1. The summed E-state index contributed by atoms with van der Waals surface area (Å²) >= 11 is 7.30. The molecule has 1 heterocycles. The van der Waals surface area contributed by atoms with Crippen molar-refractivity contribution in [2.24, 2.45) is 0 Å². The Hall–Kier alpha value is -1.87. The summed E-state index contributed by atoms with van der Waals surface area (Å²) in [6.45, 7) is 6.55. The van der Waals surface area contributed by atoms with Gasteiger partial charge in [0.15, 0.2) is 0 Å². The van der Waals surface area contributed by atoms with E-state index in [0.717, 1.165) is 50.0 Å². The molecule has 0 bridgehead atoms. The van der Waals surface area contributed by atoms with Gasteiger partial charge in [0.05, 0.1) is 12.2 Å². The van der Waals surface area contributed by atoms with Crippen molar-refractivity contribution in [2.45, 2.75) is 39.5 Å². The zero-order valence-corrected chi connectivity index (χ0v) is 17.5. The second-order valence-corrected chi connectivity index (χ2v) is 7.76. The molecule has 0 unspecified atom stereocenters. The van der Waals surface area contributed by atoms with Gasteiger partial charge in [0.25, 0.3) is 0 Å². The Morgan fingerprint density at radius 3 is 2.37 bits per heavy atom. The Labute approximate surface area is 170 Å². The number of hydrogen-bond donors (Lipinski definition) is 1. The lowest BCUT2D eigenvalue weighted by Gasteiger charge is -2.21. The molecular formula is C21H26ClN3OS. The Bertz CT molecular complexity index is 785. The minimum atomic E-state index is 0.0988. The predicted molar refractivity (Wildman–Crippen MR) is 114 cm³/mol. The molecule has 0 atom stereocenters. The van der Waals surface area contributed by atoms with E-state index >= 15 is 0 Å². The molecular weight excluding hydrogens is 378 g/mol. The van der Waals surface area contributed by atoms with E-state index < -0.39 is 0 Å². The van der Waals surface area contributed by atoms with E-state index in [0.29, 0.717) is 16.6 Å². The Morgan fingerprint density at radius 1 is 1.19 bits per heavy atom. The largest absolute Gasteiger partial charge is 0.509 e. The lowest BCUT2D eigenvalue weighted by Crippen LogP contribution is -2.28. The fraction of sp³-hybridized carbons (Fsp3) is 0.429. The maximum absolute atomic E-state index is 10.6. The number of nitriles is 1. The molecule has 2 aromatic rings. The first-order chi connectivity index (χ1) is 13.1. The SMILES string of the molecule is CCCCN(CCCC)CC(O)=C(C#N)c1nc(-c2ccc(Cl)cc2)cs1. The van der Waals surface area contributed by atoms with E-state index in [1.165, 1.54) is 11.3 Å². The normalized spacial score (nSPS) is 12.1. The van der Waals surface area contributed by atoms with Crippen LogP contribution in [0.3, 0.4) is 0 Å². The van der Waals surface area contributed by atoms with Gasteiger partial charge in [0.1, 0.15) is 22.4 Å². The van der Waals surface area contributed by atoms with Gasteiger partial charge < -0.3 is 5.11 Å². The van der Waals surface area contributed by atoms with Crippen LogP contribution in [0, 0.1) is 11.3 Å². The molecule has 144 valence electrons. The Kier molecular flexibility index (Phi) is 8.80. The summed E-state index contributed by atoms with van der Waals surface area (Å²) in [5.41, 5.74) is 1.98. The highest BCUT2D eigenvalue weighted by molar-refractivity contribution is 7.11. The lowest BCUT2D eigenvalue weighted by atomic mass is 10.2. The van der Waals surface area contributed by atoms with Crippen molar-refractivity contribution in [3.8, 4) is 17.3 Å². The number of rotatable bonds is 10. The summed E-state index contributed by atoms with van der Waals surface area (Å²) < 4.78 is 0. The van der Waals surface area contributed by atoms with Crippen LogP contribution in [-0.2, 0) is 0 Å². The fourth-order valence-electron chi connectivity index (χ4n) is 2.70. The number of hydrogen-bond acceptors (Lipinski definition) is 5. The van der Waals surface area contributed by atoms with Gasteiger partial charge in [-0.15, -0.1) is 11.3 Å². The fourth-order valence-corrected chi connectivity index (χ4v) is 3.67. The number of allylic oxidation sites excluding steroid dienone is 1. The van der Waals surface area contributed by atoms with Gasteiger partial charge in [-0.05, 0) is 38.1 Å². The molecule has 0 aliphatic carbocycles. The number of unbranched alkanes of at least 4 members (excludes halogenated alkanes) is 2. The standard InChI is InChI=1S/C21H26ClN3OS/c1-3-5-11-25(12-6-4-2)14-20(26)18(13-23)21-24-19(15-27-21)16-7-9-17(22)10-8-16/h7-10,15,26H,3-6,11-12,14H2,1-2H3. The van der Waals surface area contributed by atoms with Crippen molar-refractivity contribution in [1.29, 1.82) is 5.26 Å². The van der Waals surface area contributed by atoms with Crippen molar-refractivity contribution in [3.05, 3.63) is 45.4 Å². The molecule has 0 saturated heterocycles. The van der Waals surface area contributed by atoms with Crippen LogP contribution in [0.5, 0.6) is 0 Å². The van der Waals surface area contributed by atoms with Gasteiger partial charge in [-0.1, -0.05) is 50.4 Å². The highest BCUT2D eigenvalue weighted by atomic mass is 35.5. The van der Waals surface area contributed by atoms with E-state index in [4.69, 9.17) is 11.6 Å². The maximum atomic E-state index is 10.6. The summed E-state index contributed by atoms with van der Waals surface area (Å²) in [5, 5.41) is 23.3.